The van der Waals surface area contributed by atoms with Gasteiger partial charge < -0.3 is 8.83 Å². The van der Waals surface area contributed by atoms with E-state index in [1.165, 1.54) is 17.5 Å². The van der Waals surface area contributed by atoms with Gasteiger partial charge in [-0.2, -0.15) is 0 Å². The molecule has 0 N–H and O–H groups in total. The highest BCUT2D eigenvalue weighted by Crippen LogP contribution is 2.29. The van der Waals surface area contributed by atoms with E-state index < -0.39 is 0 Å². The van der Waals surface area contributed by atoms with Crippen LogP contribution in [0.15, 0.2) is 126 Å². The van der Waals surface area contributed by atoms with Gasteiger partial charge in [0.05, 0.1) is 10.8 Å². The summed E-state index contributed by atoms with van der Waals surface area (Å²) in [5.74, 6) is 14.2. The Morgan fingerprint density at radius 2 is 0.980 bits per heavy atom. The molecule has 0 radical (unpaired) electrons. The summed E-state index contributed by atoms with van der Waals surface area (Å²) < 4.78 is 11.9. The predicted octanol–water partition coefficient (Wildman–Crippen LogP) is 11.5. The van der Waals surface area contributed by atoms with Crippen molar-refractivity contribution in [1.82, 2.24) is 0 Å². The van der Waals surface area contributed by atoms with Crippen LogP contribution in [0.1, 0.15) is 79.3 Å². The molecule has 0 fully saturated rings. The van der Waals surface area contributed by atoms with Crippen molar-refractivity contribution in [2.45, 2.75) is 81.5 Å². The Bertz CT molecular complexity index is 2330. The summed E-state index contributed by atoms with van der Waals surface area (Å²) >= 11 is 3.11. The molecular weight excluding hydrogens is 669 g/mol. The second-order valence-electron chi connectivity index (χ2n) is 12.1. The molecule has 0 aliphatic carbocycles. The van der Waals surface area contributed by atoms with Crippen LogP contribution in [0.4, 0.5) is 0 Å². The average Bonchev–Trinajstić information content (AvgIpc) is 3.16. The van der Waals surface area contributed by atoms with Crippen LogP contribution >= 0.6 is 23.5 Å². The minimum atomic E-state index is 0.0471. The van der Waals surface area contributed by atoms with Crippen LogP contribution in [0.3, 0.4) is 0 Å². The number of benzene rings is 4. The van der Waals surface area contributed by atoms with Gasteiger partial charge in [-0.3, -0.25) is 9.59 Å². The van der Waals surface area contributed by atoms with E-state index in [-0.39, 0.29) is 10.9 Å². The third-order valence-corrected chi connectivity index (χ3v) is 10.4. The zero-order valence-corrected chi connectivity index (χ0v) is 31.3. The Morgan fingerprint density at radius 1 is 0.549 bits per heavy atom. The second-order valence-corrected chi connectivity index (χ2v) is 14.0. The van der Waals surface area contributed by atoms with Crippen molar-refractivity contribution in [3.8, 4) is 23.7 Å². The maximum absolute atomic E-state index is 12.5. The third kappa shape index (κ3) is 10.3. The monoisotopic (exact) mass is 710 g/mol. The molecule has 4 nitrogen and oxygen atoms in total. The molecule has 4 aromatic carbocycles. The number of unbranched alkanes of at least 4 members (excludes halogenated alkanes) is 3. The molecule has 0 spiro atoms. The Morgan fingerprint density at radius 3 is 1.41 bits per heavy atom. The normalized spacial score (nSPS) is 10.5. The summed E-state index contributed by atoms with van der Waals surface area (Å²) in [4.78, 5) is 24.9. The smallest absolute Gasteiger partial charge is 0.196 e. The van der Waals surface area contributed by atoms with Gasteiger partial charge in [-0.25, -0.2) is 0 Å². The maximum Gasteiger partial charge on any atom is 0.196 e. The first-order valence-electron chi connectivity index (χ1n) is 17.3. The minimum absolute atomic E-state index is 0.0471. The van der Waals surface area contributed by atoms with Gasteiger partial charge in [-0.15, -0.1) is 0 Å². The molecule has 0 atom stereocenters. The van der Waals surface area contributed by atoms with Crippen molar-refractivity contribution in [3.63, 3.8) is 0 Å². The lowest BCUT2D eigenvalue weighted by atomic mass is 10.1. The maximum atomic E-state index is 12.5. The molecule has 6 heteroatoms. The van der Waals surface area contributed by atoms with E-state index in [9.17, 15) is 9.59 Å². The van der Waals surface area contributed by atoms with Gasteiger partial charge in [0.15, 0.2) is 21.0 Å². The first-order chi connectivity index (χ1) is 24.9. The van der Waals surface area contributed by atoms with Gasteiger partial charge in [0, 0.05) is 46.6 Å². The molecule has 2 heterocycles. The fourth-order valence-corrected chi connectivity index (χ4v) is 6.99. The van der Waals surface area contributed by atoms with Crippen molar-refractivity contribution in [2.75, 3.05) is 0 Å². The lowest BCUT2D eigenvalue weighted by Gasteiger charge is -2.06. The van der Waals surface area contributed by atoms with Crippen LogP contribution in [0, 0.1) is 37.5 Å². The molecule has 258 valence electrons. The minimum Gasteiger partial charge on any atom is -0.449 e. The molecule has 6 aromatic rings. The molecule has 0 aliphatic rings. The van der Waals surface area contributed by atoms with Crippen molar-refractivity contribution in [3.05, 3.63) is 151 Å². The van der Waals surface area contributed by atoms with Crippen LogP contribution in [0.2, 0.25) is 0 Å². The molecule has 6 rings (SSSR count). The summed E-state index contributed by atoms with van der Waals surface area (Å²) in [6.45, 7) is 7.96. The molecule has 0 amide bonds. The first-order valence-corrected chi connectivity index (χ1v) is 19.3. The van der Waals surface area contributed by atoms with E-state index in [0.29, 0.717) is 43.2 Å². The molecule has 0 saturated heterocycles. The molecule has 0 unspecified atom stereocenters. The largest absolute Gasteiger partial charge is 0.449 e. The fraction of sp³-hybridized carbons (Fsp3) is 0.244. The Hall–Kier alpha value is -4.88. The zero-order chi connectivity index (χ0) is 36.0. The predicted molar refractivity (Wildman–Crippen MR) is 215 cm³/mol. The van der Waals surface area contributed by atoms with Gasteiger partial charge in [0.2, 0.25) is 0 Å². The van der Waals surface area contributed by atoms with Crippen LogP contribution < -0.4 is 10.9 Å². The molecule has 2 aromatic heterocycles. The number of hydrogen-bond acceptors (Lipinski definition) is 6. The lowest BCUT2D eigenvalue weighted by molar-refractivity contribution is 0.492. The molecular formula is C45H42O4S2. The van der Waals surface area contributed by atoms with Crippen molar-refractivity contribution >= 4 is 45.5 Å². The van der Waals surface area contributed by atoms with E-state index in [0.717, 1.165) is 48.3 Å². The van der Waals surface area contributed by atoms with Gasteiger partial charge in [0.1, 0.15) is 11.2 Å². The van der Waals surface area contributed by atoms with Crippen molar-refractivity contribution in [1.29, 1.82) is 0 Å². The topological polar surface area (TPSA) is 60.4 Å². The Balaban J connectivity index is 0.000000198. The summed E-state index contributed by atoms with van der Waals surface area (Å²) in [6.07, 6.45) is 5.29. The number of fused-ring (bicyclic) bond motifs is 2. The summed E-state index contributed by atoms with van der Waals surface area (Å²) in [5, 5.41) is 2.66. The van der Waals surface area contributed by atoms with Crippen LogP contribution in [0.5, 0.6) is 0 Å². The third-order valence-electron chi connectivity index (χ3n) is 8.11. The van der Waals surface area contributed by atoms with Crippen molar-refractivity contribution in [2.24, 2.45) is 0 Å². The SMILES string of the molecule is CCCC#Cc1ccc(CSc2oc3ccccc3c(=O)c2C)cc1.CCCCC#Cc1ccc(CSc2oc3ccccc3c(=O)c2C)cc1. The number of thioether (sulfide) groups is 2. The standard InChI is InChI=1S/C23H22O2S.C22H20O2S/c1-3-4-5-6-9-18-12-14-19(15-13-18)16-26-23-17(2)22(24)20-10-7-8-11-21(20)25-23;1-3-4-5-8-17-11-13-18(14-12-17)15-25-22-16(2)21(23)19-9-6-7-10-20(19)24-22/h7-8,10-15H,3-5,16H2,1-2H3;6-7,9-14H,3-4,15H2,1-2H3. The van der Waals surface area contributed by atoms with Crippen molar-refractivity contribution < 1.29 is 8.83 Å². The molecule has 51 heavy (non-hydrogen) atoms. The van der Waals surface area contributed by atoms with Gasteiger partial charge in [0.25, 0.3) is 0 Å². The number of para-hydroxylation sites is 2. The molecule has 0 bridgehead atoms. The van der Waals surface area contributed by atoms with Gasteiger partial charge in [-0.1, -0.05) is 116 Å². The van der Waals surface area contributed by atoms with Crippen LogP contribution in [-0.2, 0) is 11.5 Å². The summed E-state index contributed by atoms with van der Waals surface area (Å²) in [5.41, 5.74) is 7.17. The number of rotatable bonds is 9. The van der Waals surface area contributed by atoms with Gasteiger partial charge in [-0.05, 0) is 86.3 Å². The van der Waals surface area contributed by atoms with E-state index in [2.05, 4.69) is 73.9 Å². The molecule has 0 aliphatic heterocycles. The number of hydrogen-bond donors (Lipinski definition) is 0. The quantitative estimate of drug-likeness (QED) is 0.0846. The summed E-state index contributed by atoms with van der Waals surface area (Å²) in [6, 6.07) is 31.3. The van der Waals surface area contributed by atoms with E-state index in [4.69, 9.17) is 8.83 Å². The van der Waals surface area contributed by atoms with Gasteiger partial charge >= 0.3 is 0 Å². The van der Waals surface area contributed by atoms with Crippen LogP contribution in [0.25, 0.3) is 21.9 Å². The van der Waals surface area contributed by atoms with E-state index >= 15 is 0 Å². The highest BCUT2D eigenvalue weighted by molar-refractivity contribution is 7.98. The highest BCUT2D eigenvalue weighted by atomic mass is 32.2. The summed E-state index contributed by atoms with van der Waals surface area (Å²) in [7, 11) is 0. The fourth-order valence-electron chi connectivity index (χ4n) is 5.09. The molecule has 0 saturated carbocycles. The van der Waals surface area contributed by atoms with E-state index in [1.54, 1.807) is 29.6 Å². The van der Waals surface area contributed by atoms with Crippen LogP contribution in [-0.4, -0.2) is 0 Å². The first kappa shape index (κ1) is 37.4. The van der Waals surface area contributed by atoms with E-state index in [1.807, 2.05) is 68.4 Å². The second kappa shape index (κ2) is 18.9. The Labute approximate surface area is 309 Å². The highest BCUT2D eigenvalue weighted by Gasteiger charge is 2.12. The average molecular weight is 711 g/mol. The Kier molecular flexibility index (Phi) is 13.9. The lowest BCUT2D eigenvalue weighted by Crippen LogP contribution is -2.06. The zero-order valence-electron chi connectivity index (χ0n) is 29.6.